The Labute approximate surface area is 137 Å². The van der Waals surface area contributed by atoms with Gasteiger partial charge in [0, 0.05) is 5.25 Å². The van der Waals surface area contributed by atoms with Crippen LogP contribution in [0.3, 0.4) is 0 Å². The van der Waals surface area contributed by atoms with E-state index in [1.807, 2.05) is 0 Å². The minimum Gasteiger partial charge on any atom is -0.668 e. The molecule has 108 valence electrons. The second-order valence-electron chi connectivity index (χ2n) is 3.49. The van der Waals surface area contributed by atoms with Crippen LogP contribution in [0.15, 0.2) is 0 Å². The first-order valence-electron chi connectivity index (χ1n) is 5.44. The Morgan fingerprint density at radius 2 is 1.50 bits per heavy atom. The Kier molecular flexibility index (Phi) is 35.2. The molecule has 18 heavy (non-hydrogen) atoms. The van der Waals surface area contributed by atoms with Crippen molar-refractivity contribution >= 4 is 11.8 Å². The van der Waals surface area contributed by atoms with Crippen LogP contribution in [0, 0.1) is 7.43 Å². The third-order valence-electron chi connectivity index (χ3n) is 1.79. The molecule has 0 amide bonds. The van der Waals surface area contributed by atoms with Crippen molar-refractivity contribution in [2.45, 2.75) is 30.7 Å². The maximum absolute atomic E-state index is 12.8. The molecule has 3 nitrogen and oxygen atoms in total. The van der Waals surface area contributed by atoms with Crippen molar-refractivity contribution in [3.8, 4) is 0 Å². The van der Waals surface area contributed by atoms with Crippen molar-refractivity contribution in [2.75, 3.05) is 41.1 Å². The molecule has 0 heterocycles. The van der Waals surface area contributed by atoms with Crippen molar-refractivity contribution in [1.29, 1.82) is 0 Å². The van der Waals surface area contributed by atoms with Gasteiger partial charge in [-0.1, -0.05) is 5.88 Å². The molecule has 1 fully saturated rings. The SMILES string of the molecule is C[N-]C.C[N-]C.C[N-]CSC1CCCC1F.[CH3-].[Zr+4]. The summed E-state index contributed by atoms with van der Waals surface area (Å²) in [5, 5.41) is 11.2. The summed E-state index contributed by atoms with van der Waals surface area (Å²) in [7, 11) is 8.77. The summed E-state index contributed by atoms with van der Waals surface area (Å²) in [6.45, 7) is 0. The van der Waals surface area contributed by atoms with Crippen LogP contribution in [-0.4, -0.2) is 52.5 Å². The number of rotatable bonds is 3. The molecule has 1 aliphatic rings. The largest absolute Gasteiger partial charge is 4.00 e. The van der Waals surface area contributed by atoms with E-state index >= 15 is 0 Å². The van der Waals surface area contributed by atoms with E-state index in [9.17, 15) is 4.39 Å². The van der Waals surface area contributed by atoms with Crippen LogP contribution in [0.25, 0.3) is 16.0 Å². The number of hydrogen-bond acceptors (Lipinski definition) is 1. The molecule has 0 radical (unpaired) electrons. The van der Waals surface area contributed by atoms with Crippen molar-refractivity contribution in [1.82, 2.24) is 0 Å². The van der Waals surface area contributed by atoms with Crippen molar-refractivity contribution < 1.29 is 30.6 Å². The van der Waals surface area contributed by atoms with Gasteiger partial charge in [-0.05, 0) is 19.3 Å². The number of thioether (sulfide) groups is 1. The van der Waals surface area contributed by atoms with E-state index in [-0.39, 0.29) is 38.9 Å². The average Bonchev–Trinajstić information content (AvgIpc) is 2.63. The van der Waals surface area contributed by atoms with E-state index in [2.05, 4.69) is 16.0 Å². The summed E-state index contributed by atoms with van der Waals surface area (Å²) in [5.41, 5.74) is 0. The molecule has 0 N–H and O–H groups in total. The molecule has 6 heteroatoms. The minimum atomic E-state index is -0.563. The van der Waals surface area contributed by atoms with Gasteiger partial charge < -0.3 is 23.4 Å². The third-order valence-corrected chi connectivity index (χ3v) is 3.16. The smallest absolute Gasteiger partial charge is 0.668 e. The van der Waals surface area contributed by atoms with Gasteiger partial charge in [-0.15, -0.1) is 0 Å². The summed E-state index contributed by atoms with van der Waals surface area (Å²) < 4.78 is 12.8. The summed E-state index contributed by atoms with van der Waals surface area (Å²) in [5.74, 6) is 0.755. The molecule has 0 aromatic carbocycles. The van der Waals surface area contributed by atoms with Crippen molar-refractivity contribution in [3.63, 3.8) is 0 Å². The monoisotopic (exact) mass is 355 g/mol. The van der Waals surface area contributed by atoms with E-state index in [0.29, 0.717) is 0 Å². The van der Waals surface area contributed by atoms with Crippen LogP contribution < -0.4 is 0 Å². The summed E-state index contributed by atoms with van der Waals surface area (Å²) >= 11 is 1.65. The van der Waals surface area contributed by atoms with Gasteiger partial charge in [0.25, 0.3) is 0 Å². The van der Waals surface area contributed by atoms with Crippen LogP contribution in [0.4, 0.5) is 4.39 Å². The predicted molar refractivity (Wildman–Crippen MR) is 81.1 cm³/mol. The van der Waals surface area contributed by atoms with Crippen molar-refractivity contribution in [3.05, 3.63) is 23.4 Å². The Morgan fingerprint density at radius 3 is 1.78 bits per heavy atom. The molecule has 0 aliphatic heterocycles. The molecule has 0 spiro atoms. The summed E-state index contributed by atoms with van der Waals surface area (Å²) in [6, 6.07) is 0. The molecule has 0 aromatic heterocycles. The van der Waals surface area contributed by atoms with Crippen LogP contribution >= 0.6 is 11.8 Å². The van der Waals surface area contributed by atoms with Gasteiger partial charge in [0.15, 0.2) is 0 Å². The summed E-state index contributed by atoms with van der Waals surface area (Å²) in [6.07, 6.45) is 2.30. The van der Waals surface area contributed by atoms with Crippen molar-refractivity contribution in [2.24, 2.45) is 0 Å². The molecule has 0 bridgehead atoms. The van der Waals surface area contributed by atoms with Gasteiger partial charge in [0.2, 0.25) is 0 Å². The Hall–Kier alpha value is 1.04. The Bertz CT molecular complexity index is 132. The van der Waals surface area contributed by atoms with E-state index in [4.69, 9.17) is 0 Å². The van der Waals surface area contributed by atoms with Crippen LogP contribution in [0.2, 0.25) is 0 Å². The first kappa shape index (κ1) is 27.4. The predicted octanol–water partition coefficient (Wildman–Crippen LogP) is 4.26. The number of halogens is 1. The molecule has 1 aliphatic carbocycles. The van der Waals surface area contributed by atoms with Gasteiger partial charge in [-0.2, -0.15) is 47.0 Å². The standard InChI is InChI=1S/C7H13FNS.2C2H6N.CH3.Zr/c1-9-5-10-7-4-2-3-6(7)8;2*1-3-2;;/h6-7H,2-5H2,1H3;2*1-2H3;1H3;/q4*-1;+4. The molecule has 1 saturated carbocycles. The van der Waals surface area contributed by atoms with Gasteiger partial charge in [-0.25, -0.2) is 4.39 Å². The van der Waals surface area contributed by atoms with Gasteiger partial charge in [-0.3, -0.25) is 0 Å². The summed E-state index contributed by atoms with van der Waals surface area (Å²) in [4.78, 5) is 0. The topological polar surface area (TPSA) is 42.3 Å². The fourth-order valence-corrected chi connectivity index (χ4v) is 2.26. The number of hydrogen-bond donors (Lipinski definition) is 0. The van der Waals surface area contributed by atoms with E-state index in [1.165, 1.54) is 0 Å². The van der Waals surface area contributed by atoms with Gasteiger partial charge in [0.05, 0.1) is 0 Å². The zero-order valence-electron chi connectivity index (χ0n) is 12.6. The van der Waals surface area contributed by atoms with E-state index in [0.717, 1.165) is 25.1 Å². The molecule has 1 rings (SSSR count). The number of nitrogens with zero attached hydrogens (tertiary/aromatic N) is 3. The quantitative estimate of drug-likeness (QED) is 0.697. The number of alkyl halides is 1. The molecular formula is C12H28FN3SZr. The Balaban J connectivity index is -0.000000106. The third kappa shape index (κ3) is 19.4. The van der Waals surface area contributed by atoms with Gasteiger partial charge >= 0.3 is 26.2 Å². The normalized spacial score (nSPS) is 20.3. The fourth-order valence-electron chi connectivity index (χ4n) is 1.24. The average molecular weight is 357 g/mol. The Morgan fingerprint density at radius 1 is 1.06 bits per heavy atom. The second-order valence-corrected chi connectivity index (χ2v) is 4.69. The zero-order chi connectivity index (χ0) is 12.8. The fraction of sp³-hybridized carbons (Fsp3) is 0.917. The van der Waals surface area contributed by atoms with Crippen LogP contribution in [-0.2, 0) is 26.2 Å². The molecule has 2 unspecified atom stereocenters. The van der Waals surface area contributed by atoms with Crippen LogP contribution in [0.1, 0.15) is 19.3 Å². The molecule has 0 aromatic rings. The second kappa shape index (κ2) is 23.2. The maximum Gasteiger partial charge on any atom is 4.00 e. The first-order chi connectivity index (χ1) is 7.67. The van der Waals surface area contributed by atoms with E-state index < -0.39 is 6.17 Å². The van der Waals surface area contributed by atoms with Gasteiger partial charge in [0.1, 0.15) is 6.17 Å². The first-order valence-corrected chi connectivity index (χ1v) is 6.49. The molecule has 0 saturated heterocycles. The molecular weight excluding hydrogens is 328 g/mol. The maximum atomic E-state index is 12.8. The zero-order valence-corrected chi connectivity index (χ0v) is 15.9. The van der Waals surface area contributed by atoms with Crippen LogP contribution in [0.5, 0.6) is 0 Å². The minimum absolute atomic E-state index is 0. The van der Waals surface area contributed by atoms with E-state index in [1.54, 1.807) is 47.0 Å². The molecule has 2 atom stereocenters.